The maximum absolute atomic E-state index is 13.2. The number of urea groups is 1. The molecule has 1 aliphatic heterocycles. The lowest BCUT2D eigenvalue weighted by Gasteiger charge is -2.25. The van der Waals surface area contributed by atoms with E-state index in [1.807, 2.05) is 48.5 Å². The average molecular weight is 676 g/mol. The summed E-state index contributed by atoms with van der Waals surface area (Å²) in [5.74, 6) is -0.724. The number of anilines is 2. The Bertz CT molecular complexity index is 1730. The number of carbonyl (C=O) groups is 3. The summed E-state index contributed by atoms with van der Waals surface area (Å²) in [6.07, 6.45) is 1.87. The van der Waals surface area contributed by atoms with Crippen LogP contribution in [0.25, 0.3) is 0 Å². The number of aromatic nitrogens is 3. The second-order valence-electron chi connectivity index (χ2n) is 11.2. The van der Waals surface area contributed by atoms with Gasteiger partial charge >= 0.3 is 23.8 Å². The molecule has 0 spiro atoms. The van der Waals surface area contributed by atoms with E-state index in [1.54, 1.807) is 23.7 Å². The molecule has 1 aliphatic rings. The van der Waals surface area contributed by atoms with Crippen LogP contribution in [-0.2, 0) is 40.5 Å². The SMILES string of the molecule is O=C(O)CC(Cn1cc(C2CCOCC2)c(NCc2csc(NC(=O)NCc3ccccc3)n2)nc1=O)NC(=O)OCc1ccccc1. The van der Waals surface area contributed by atoms with Crippen LogP contribution in [0.2, 0.25) is 0 Å². The molecule has 0 radical (unpaired) electrons. The third-order valence-corrected chi connectivity index (χ3v) is 8.37. The number of hydrogen-bond donors (Lipinski definition) is 5. The fourth-order valence-electron chi connectivity index (χ4n) is 5.17. The van der Waals surface area contributed by atoms with Gasteiger partial charge < -0.3 is 30.5 Å². The predicted octanol–water partition coefficient (Wildman–Crippen LogP) is 4.30. The van der Waals surface area contributed by atoms with Gasteiger partial charge in [-0.1, -0.05) is 60.7 Å². The van der Waals surface area contributed by atoms with Crippen LogP contribution in [0.15, 0.2) is 77.0 Å². The third-order valence-electron chi connectivity index (χ3n) is 7.56. The van der Waals surface area contributed by atoms with Crippen molar-refractivity contribution >= 4 is 40.4 Å². The van der Waals surface area contributed by atoms with Gasteiger partial charge in [-0.25, -0.2) is 19.4 Å². The highest BCUT2D eigenvalue weighted by Gasteiger charge is 2.24. The molecule has 3 heterocycles. The molecular formula is C33H37N7O7S. The van der Waals surface area contributed by atoms with E-state index in [0.29, 0.717) is 49.2 Å². The minimum Gasteiger partial charge on any atom is -0.481 e. The second-order valence-corrected chi connectivity index (χ2v) is 12.0. The first-order valence-corrected chi connectivity index (χ1v) is 16.4. The molecule has 1 unspecified atom stereocenters. The monoisotopic (exact) mass is 675 g/mol. The molecule has 2 aromatic heterocycles. The number of carboxylic acids is 1. The van der Waals surface area contributed by atoms with E-state index in [2.05, 4.69) is 31.2 Å². The van der Waals surface area contributed by atoms with E-state index < -0.39 is 30.2 Å². The maximum atomic E-state index is 13.2. The standard InChI is InChI=1S/C33H37N7O7S/c41-28(42)15-25(37-33(45)47-20-23-9-5-2-6-10-23)18-40-19-27(24-11-13-46-14-12-24)29(38-32(40)44)34-17-26-21-48-31(36-26)39-30(43)35-16-22-7-3-1-4-8-22/h1-10,19,21,24-25H,11-18,20H2,(H,37,45)(H,41,42)(H,34,38,44)(H2,35,36,39,43). The van der Waals surface area contributed by atoms with Crippen molar-refractivity contribution in [3.8, 4) is 0 Å². The molecule has 3 amide bonds. The Balaban J connectivity index is 1.24. The number of carbonyl (C=O) groups excluding carboxylic acids is 2. The topological polar surface area (TPSA) is 186 Å². The highest BCUT2D eigenvalue weighted by Crippen LogP contribution is 2.31. The van der Waals surface area contributed by atoms with Crippen LogP contribution in [0.4, 0.5) is 20.5 Å². The molecular weight excluding hydrogens is 638 g/mol. The van der Waals surface area contributed by atoms with Crippen molar-refractivity contribution in [2.24, 2.45) is 0 Å². The zero-order chi connectivity index (χ0) is 33.7. The normalized spacial score (nSPS) is 13.7. The first-order chi connectivity index (χ1) is 23.3. The van der Waals surface area contributed by atoms with Gasteiger partial charge in [0.05, 0.1) is 24.7 Å². The number of aliphatic carboxylic acids is 1. The molecule has 0 aliphatic carbocycles. The Kier molecular flexibility index (Phi) is 12.1. The molecule has 0 bridgehead atoms. The quantitative estimate of drug-likeness (QED) is 0.129. The zero-order valence-corrected chi connectivity index (χ0v) is 26.9. The zero-order valence-electron chi connectivity index (χ0n) is 26.1. The van der Waals surface area contributed by atoms with Crippen molar-refractivity contribution in [3.63, 3.8) is 0 Å². The van der Waals surface area contributed by atoms with E-state index in [9.17, 15) is 24.3 Å². The number of thiazole rings is 1. The van der Waals surface area contributed by atoms with Gasteiger partial charge in [-0.05, 0) is 29.9 Å². The summed E-state index contributed by atoms with van der Waals surface area (Å²) in [7, 11) is 0. The van der Waals surface area contributed by atoms with E-state index in [1.165, 1.54) is 15.9 Å². The van der Waals surface area contributed by atoms with Crippen LogP contribution in [0, 0.1) is 0 Å². The number of amides is 3. The minimum absolute atomic E-state index is 0.0141. The minimum atomic E-state index is -1.14. The fourth-order valence-corrected chi connectivity index (χ4v) is 5.87. The summed E-state index contributed by atoms with van der Waals surface area (Å²) in [5, 5.41) is 23.1. The highest BCUT2D eigenvalue weighted by atomic mass is 32.1. The molecule has 0 saturated carbocycles. The summed E-state index contributed by atoms with van der Waals surface area (Å²) in [5.41, 5.74) is 2.55. The van der Waals surface area contributed by atoms with Crippen LogP contribution in [0.3, 0.4) is 0 Å². The number of nitrogens with zero attached hydrogens (tertiary/aromatic N) is 3. The lowest BCUT2D eigenvalue weighted by molar-refractivity contribution is -0.137. The fraction of sp³-hybridized carbons (Fsp3) is 0.333. The Labute approximate surface area is 280 Å². The molecule has 14 nitrogen and oxygen atoms in total. The molecule has 1 atom stereocenters. The number of benzene rings is 2. The lowest BCUT2D eigenvalue weighted by atomic mass is 9.93. The second kappa shape index (κ2) is 17.0. The largest absolute Gasteiger partial charge is 0.481 e. The summed E-state index contributed by atoms with van der Waals surface area (Å²) < 4.78 is 12.1. The molecule has 48 heavy (non-hydrogen) atoms. The van der Waals surface area contributed by atoms with Gasteiger partial charge in [0.2, 0.25) is 0 Å². The number of hydrogen-bond acceptors (Lipinski definition) is 10. The van der Waals surface area contributed by atoms with Crippen molar-refractivity contribution in [2.75, 3.05) is 23.8 Å². The van der Waals surface area contributed by atoms with Gasteiger partial charge in [0, 0.05) is 43.4 Å². The van der Waals surface area contributed by atoms with Crippen molar-refractivity contribution in [2.45, 2.75) is 57.5 Å². The first kappa shape index (κ1) is 34.1. The van der Waals surface area contributed by atoms with E-state index >= 15 is 0 Å². The van der Waals surface area contributed by atoms with Crippen LogP contribution >= 0.6 is 11.3 Å². The summed E-state index contributed by atoms with van der Waals surface area (Å²) in [6, 6.07) is 17.3. The smallest absolute Gasteiger partial charge is 0.407 e. The molecule has 5 N–H and O–H groups in total. The van der Waals surface area contributed by atoms with Crippen LogP contribution < -0.4 is 27.0 Å². The highest BCUT2D eigenvalue weighted by molar-refractivity contribution is 7.13. The van der Waals surface area contributed by atoms with Gasteiger partial charge in [-0.3, -0.25) is 14.7 Å². The van der Waals surface area contributed by atoms with Crippen molar-refractivity contribution in [3.05, 3.63) is 105 Å². The van der Waals surface area contributed by atoms with Gasteiger partial charge in [-0.2, -0.15) is 4.98 Å². The Morgan fingerprint density at radius 2 is 1.71 bits per heavy atom. The third kappa shape index (κ3) is 10.4. The van der Waals surface area contributed by atoms with Crippen LogP contribution in [-0.4, -0.2) is 57.0 Å². The molecule has 252 valence electrons. The Morgan fingerprint density at radius 3 is 2.42 bits per heavy atom. The molecule has 1 saturated heterocycles. The summed E-state index contributed by atoms with van der Waals surface area (Å²) in [4.78, 5) is 58.6. The van der Waals surface area contributed by atoms with Gasteiger partial charge in [0.15, 0.2) is 5.13 Å². The van der Waals surface area contributed by atoms with Crippen LogP contribution in [0.5, 0.6) is 0 Å². The predicted molar refractivity (Wildman–Crippen MR) is 179 cm³/mol. The average Bonchev–Trinajstić information content (AvgIpc) is 3.54. The van der Waals surface area contributed by atoms with E-state index in [4.69, 9.17) is 9.47 Å². The van der Waals surface area contributed by atoms with E-state index in [-0.39, 0.29) is 31.6 Å². The van der Waals surface area contributed by atoms with Gasteiger partial charge in [0.1, 0.15) is 12.4 Å². The maximum Gasteiger partial charge on any atom is 0.407 e. The molecule has 15 heteroatoms. The number of carboxylic acid groups (broad SMARTS) is 1. The van der Waals surface area contributed by atoms with Gasteiger partial charge in [-0.15, -0.1) is 11.3 Å². The Morgan fingerprint density at radius 1 is 1.00 bits per heavy atom. The molecule has 5 rings (SSSR count). The first-order valence-electron chi connectivity index (χ1n) is 15.5. The number of rotatable bonds is 14. The lowest BCUT2D eigenvalue weighted by Crippen LogP contribution is -2.42. The number of ether oxygens (including phenoxy) is 2. The molecule has 2 aromatic carbocycles. The van der Waals surface area contributed by atoms with Crippen LogP contribution in [0.1, 0.15) is 47.6 Å². The van der Waals surface area contributed by atoms with Crippen molar-refractivity contribution in [1.29, 1.82) is 0 Å². The molecule has 1 fully saturated rings. The number of alkyl carbamates (subject to hydrolysis) is 1. The number of nitrogens with one attached hydrogen (secondary N) is 4. The van der Waals surface area contributed by atoms with Crippen molar-refractivity contribution < 1.29 is 29.0 Å². The van der Waals surface area contributed by atoms with Gasteiger partial charge in [0.25, 0.3) is 0 Å². The molecule has 4 aromatic rings. The summed E-state index contributed by atoms with van der Waals surface area (Å²) >= 11 is 1.27. The van der Waals surface area contributed by atoms with E-state index in [0.717, 1.165) is 16.7 Å². The summed E-state index contributed by atoms with van der Waals surface area (Å²) in [6.45, 7) is 1.61. The Hall–Kier alpha value is -5.28. The van der Waals surface area contributed by atoms with Crippen molar-refractivity contribution in [1.82, 2.24) is 25.2 Å².